The Morgan fingerprint density at radius 3 is 2.53 bits per heavy atom. The summed E-state index contributed by atoms with van der Waals surface area (Å²) in [6, 6.07) is 20.5. The van der Waals surface area contributed by atoms with Crippen LogP contribution in [0, 0.1) is 0 Å². The molecular weight excluding hydrogens is 821 g/mol. The lowest BCUT2D eigenvalue weighted by Gasteiger charge is -2.43. The number of rotatable bonds is 14. The maximum Gasteiger partial charge on any atom is 0.249 e. The quantitative estimate of drug-likeness (QED) is 0.0529. The van der Waals surface area contributed by atoms with Crippen LogP contribution in [0.4, 0.5) is 28.8 Å². The zero-order chi connectivity index (χ0) is 43.2. The molecule has 13 nitrogen and oxygen atoms in total. The van der Waals surface area contributed by atoms with Crippen molar-refractivity contribution in [1.29, 1.82) is 0 Å². The average molecular weight is 876 g/mol. The van der Waals surface area contributed by atoms with Gasteiger partial charge in [0.25, 0.3) is 0 Å². The van der Waals surface area contributed by atoms with Crippen molar-refractivity contribution < 1.29 is 19.1 Å². The molecule has 0 aliphatic carbocycles. The van der Waals surface area contributed by atoms with E-state index in [4.69, 9.17) is 21.3 Å². The van der Waals surface area contributed by atoms with Crippen LogP contribution in [0.25, 0.3) is 11.8 Å². The van der Waals surface area contributed by atoms with E-state index in [-0.39, 0.29) is 26.2 Å². The van der Waals surface area contributed by atoms with Crippen LogP contribution < -0.4 is 30.9 Å². The number of piperidine rings is 2. The topological polar surface area (TPSA) is 135 Å². The van der Waals surface area contributed by atoms with Crippen LogP contribution in [0.3, 0.4) is 0 Å². The molecule has 1 unspecified atom stereocenters. The number of carbonyl (C=O) groups excluding carboxylic acids is 3. The van der Waals surface area contributed by atoms with E-state index in [0.29, 0.717) is 41.5 Å². The normalized spacial score (nSPS) is 18.9. The highest BCUT2D eigenvalue weighted by Gasteiger charge is 2.38. The van der Waals surface area contributed by atoms with Crippen LogP contribution in [0.5, 0.6) is 5.75 Å². The minimum atomic E-state index is -0.547. The molecule has 0 radical (unpaired) electrons. The molecule has 0 bridgehead atoms. The number of anilines is 5. The van der Waals surface area contributed by atoms with Crippen molar-refractivity contribution in [2.45, 2.75) is 57.2 Å². The Balaban J connectivity index is 0.778. The van der Waals surface area contributed by atoms with Crippen molar-refractivity contribution >= 4 is 83.2 Å². The van der Waals surface area contributed by atoms with Crippen LogP contribution in [-0.4, -0.2) is 121 Å². The van der Waals surface area contributed by atoms with Gasteiger partial charge in [-0.25, -0.2) is 9.78 Å². The number of nitrogens with zero attached hydrogens (tertiary/aromatic N) is 6. The van der Waals surface area contributed by atoms with Gasteiger partial charge in [0.15, 0.2) is 11.8 Å². The third-order valence-electron chi connectivity index (χ3n) is 12.5. The fourth-order valence-corrected chi connectivity index (χ4v) is 10.3. The van der Waals surface area contributed by atoms with Crippen LogP contribution in [-0.2, 0) is 20.9 Å². The van der Waals surface area contributed by atoms with Gasteiger partial charge in [-0.15, -0.1) is 0 Å². The molecule has 5 heterocycles. The maximum atomic E-state index is 12.6. The number of methoxy groups -OCH3 is 1. The molecule has 62 heavy (non-hydrogen) atoms. The molecule has 3 aromatic carbocycles. The first-order chi connectivity index (χ1) is 30.2. The van der Waals surface area contributed by atoms with Gasteiger partial charge in [-0.3, -0.25) is 19.8 Å². The molecule has 0 saturated carbocycles. The third kappa shape index (κ3) is 9.83. The molecule has 8 rings (SSSR count). The predicted octanol–water partition coefficient (Wildman–Crippen LogP) is 6.87. The number of ether oxygens (including phenoxy) is 1. The number of nitrogens with one attached hydrogen (secondary N) is 3. The minimum absolute atomic E-state index is 0.266. The number of piperazine rings is 1. The number of hydrogen-bond donors (Lipinski definition) is 3. The van der Waals surface area contributed by atoms with E-state index in [1.807, 2.05) is 30.3 Å². The van der Waals surface area contributed by atoms with Crippen molar-refractivity contribution in [3.63, 3.8) is 0 Å². The van der Waals surface area contributed by atoms with Crippen molar-refractivity contribution in [3.8, 4) is 5.75 Å². The van der Waals surface area contributed by atoms with Crippen LogP contribution >= 0.6 is 19.5 Å². The number of aromatic nitrogens is 2. The zero-order valence-electron chi connectivity index (χ0n) is 35.7. The number of amides is 2. The summed E-state index contributed by atoms with van der Waals surface area (Å²) in [7, 11) is 1.37. The van der Waals surface area contributed by atoms with E-state index in [2.05, 4.69) is 97.4 Å². The molecule has 324 valence electrons. The Bertz CT molecular complexity index is 2360. The van der Waals surface area contributed by atoms with E-state index >= 15 is 0 Å². The summed E-state index contributed by atoms with van der Waals surface area (Å²) < 4.78 is 5.85. The number of fused-ring (bicyclic) bond motifs is 1. The fourth-order valence-electron chi connectivity index (χ4n) is 9.12. The molecule has 15 heteroatoms. The molecule has 1 atom stereocenters. The minimum Gasteiger partial charge on any atom is -0.494 e. The van der Waals surface area contributed by atoms with E-state index in [0.717, 1.165) is 111 Å². The Hall–Kier alpha value is -5.29. The summed E-state index contributed by atoms with van der Waals surface area (Å²) in [6.45, 7) is 12.3. The highest BCUT2D eigenvalue weighted by atomic mass is 35.5. The van der Waals surface area contributed by atoms with Gasteiger partial charge in [-0.2, -0.15) is 4.98 Å². The third-order valence-corrected chi connectivity index (χ3v) is 14.1. The van der Waals surface area contributed by atoms with E-state index in [1.54, 1.807) is 18.2 Å². The van der Waals surface area contributed by atoms with Crippen molar-refractivity contribution in [2.75, 3.05) is 81.8 Å². The number of halogens is 1. The lowest BCUT2D eigenvalue weighted by molar-refractivity contribution is -0.136. The smallest absolute Gasteiger partial charge is 0.249 e. The molecule has 3 N–H and O–H groups in total. The first-order valence-electron chi connectivity index (χ1n) is 21.6. The summed E-state index contributed by atoms with van der Waals surface area (Å²) in [5, 5.41) is 10.9. The van der Waals surface area contributed by atoms with Crippen LogP contribution in [0.1, 0.15) is 55.2 Å². The second-order valence-electron chi connectivity index (χ2n) is 16.5. The number of hydrogen-bond acceptors (Lipinski definition) is 12. The van der Waals surface area contributed by atoms with Gasteiger partial charge >= 0.3 is 0 Å². The Morgan fingerprint density at radius 2 is 1.77 bits per heavy atom. The Kier molecular flexibility index (Phi) is 13.9. The molecule has 1 aromatic heterocycles. The number of para-hydroxylation sites is 1. The highest BCUT2D eigenvalue weighted by Crippen LogP contribution is 2.38. The van der Waals surface area contributed by atoms with Gasteiger partial charge in [0.2, 0.25) is 17.8 Å². The van der Waals surface area contributed by atoms with Crippen molar-refractivity contribution in [1.82, 2.24) is 30.0 Å². The van der Waals surface area contributed by atoms with Gasteiger partial charge in [0.1, 0.15) is 22.5 Å². The number of carbonyl (C=O) groups is 2. The van der Waals surface area contributed by atoms with Gasteiger partial charge in [0.05, 0.1) is 19.0 Å². The zero-order valence-corrected chi connectivity index (χ0v) is 37.4. The summed E-state index contributed by atoms with van der Waals surface area (Å²) >= 11 is 6.53. The van der Waals surface area contributed by atoms with Crippen molar-refractivity contribution in [2.24, 2.45) is 0 Å². The average Bonchev–Trinajstić information content (AvgIpc) is 3.67. The molecule has 2 amide bonds. The summed E-state index contributed by atoms with van der Waals surface area (Å²) in [6.07, 6.45) is 10.9. The van der Waals surface area contributed by atoms with Gasteiger partial charge < -0.3 is 30.1 Å². The molecule has 4 aromatic rings. The summed E-state index contributed by atoms with van der Waals surface area (Å²) in [5.41, 5.74) is 6.21. The van der Waals surface area contributed by atoms with Crippen molar-refractivity contribution in [3.05, 3.63) is 94.6 Å². The number of benzene rings is 3. The number of imide groups is 1. The summed E-state index contributed by atoms with van der Waals surface area (Å²) in [4.78, 5) is 55.0. The molecular formula is C47H55ClN9O4P. The fraction of sp³-hybridized carbons (Fsp3) is 0.404. The van der Waals surface area contributed by atoms with E-state index in [1.165, 1.54) is 5.30 Å². The highest BCUT2D eigenvalue weighted by molar-refractivity contribution is 7.64. The number of unbranched alkanes of at least 4 members (excludes halogenated alkanes) is 1. The second kappa shape index (κ2) is 19.8. The van der Waals surface area contributed by atoms with Gasteiger partial charge in [0, 0.05) is 81.3 Å². The maximum absolute atomic E-state index is 12.6. The Morgan fingerprint density at radius 1 is 0.968 bits per heavy atom. The van der Waals surface area contributed by atoms with E-state index < -0.39 is 6.04 Å². The SMILES string of the molecule is COc1cc(N2CCC(N3CCN(CCC/C=C\c4cccc5c4CN(C4CCC(=O)NC4=O)C5=C=O)CC3)CC2)ccc1Nc1ncc(Cl)c(Nc2ccccc2P(C)C)n1. The standard InChI is InChI=1S/C47H55ClN9O4P/c1-61-42-28-34(15-16-38(42)51-47-49-29-37(48)45(53-47)50-39-13-6-7-14-43(39)62(2)3)55-22-19-33(20-23-55)56-26-24-54(25-27-56)21-8-4-5-10-32-11-9-12-35-36(32)30-57(41(35)31-58)40-17-18-44(59)52-46(40)60/h5-7,9-16,28-29,33,40H,4,8,17-27,30H2,1-3H3,(H,52,59,60)(H2,49,50,51,53)/b10-5-. The summed E-state index contributed by atoms with van der Waals surface area (Å²) in [5.74, 6) is 3.15. The lowest BCUT2D eigenvalue weighted by atomic mass is 10.0. The molecule has 4 aliphatic rings. The first kappa shape index (κ1) is 43.4. The largest absolute Gasteiger partial charge is 0.494 e. The van der Waals surface area contributed by atoms with E-state index in [9.17, 15) is 14.4 Å². The number of allylic oxidation sites excluding steroid dienone is 1. The van der Waals surface area contributed by atoms with Crippen LogP contribution in [0.2, 0.25) is 5.02 Å². The molecule has 3 saturated heterocycles. The molecule has 0 spiro atoms. The Labute approximate surface area is 370 Å². The van der Waals surface area contributed by atoms with Gasteiger partial charge in [-0.05, 0) is 86.6 Å². The van der Waals surface area contributed by atoms with Crippen LogP contribution in [0.15, 0.2) is 72.9 Å². The second-order valence-corrected chi connectivity index (χ2v) is 19.2. The van der Waals surface area contributed by atoms with Gasteiger partial charge in [-0.1, -0.05) is 68.1 Å². The predicted molar refractivity (Wildman–Crippen MR) is 250 cm³/mol. The first-order valence-corrected chi connectivity index (χ1v) is 24.2. The monoisotopic (exact) mass is 875 g/mol. The molecule has 3 fully saturated rings. The molecule has 4 aliphatic heterocycles. The lowest BCUT2D eigenvalue weighted by Crippen LogP contribution is -2.53.